The van der Waals surface area contributed by atoms with E-state index in [-0.39, 0.29) is 48.3 Å². The number of nitrogens with one attached hydrogen (secondary N) is 3. The zero-order valence-electron chi connectivity index (χ0n) is 17.5. The maximum Gasteiger partial charge on any atom is 0.243 e. The highest BCUT2D eigenvalue weighted by molar-refractivity contribution is 14.0. The minimum absolute atomic E-state index is 0. The molecule has 0 radical (unpaired) electrons. The first-order valence-corrected chi connectivity index (χ1v) is 10.0. The molecule has 0 aliphatic carbocycles. The number of carbonyl (C=O) groups excluding carboxylic acids is 1. The maximum absolute atomic E-state index is 13.4. The molecule has 0 spiro atoms. The van der Waals surface area contributed by atoms with E-state index in [9.17, 15) is 9.18 Å². The highest BCUT2D eigenvalue weighted by Gasteiger charge is 2.23. The zero-order valence-corrected chi connectivity index (χ0v) is 19.8. The van der Waals surface area contributed by atoms with Gasteiger partial charge in [-0.1, -0.05) is 30.3 Å². The molecule has 3 N–H and O–H groups in total. The molecule has 1 aliphatic heterocycles. The summed E-state index contributed by atoms with van der Waals surface area (Å²) < 4.78 is 18.8. The number of benzene rings is 2. The number of morpholine rings is 1. The van der Waals surface area contributed by atoms with Gasteiger partial charge in [-0.3, -0.25) is 14.7 Å². The summed E-state index contributed by atoms with van der Waals surface area (Å²) in [6.45, 7) is 3.60. The van der Waals surface area contributed by atoms with Crippen molar-refractivity contribution < 1.29 is 13.9 Å². The molecule has 3 rings (SSSR count). The summed E-state index contributed by atoms with van der Waals surface area (Å²) >= 11 is 0. The molecule has 1 unspecified atom stereocenters. The standard InChI is InChI=1S/C22H28FN5O2.HI/c1-24-22(26-16-21(29)27-19-5-3-2-4-6-19)25-15-20(28-11-13-30-14-12-28)17-7-9-18(23)10-8-17;/h2-10,20H,11-16H2,1H3,(H,27,29)(H2,24,25,26);1H. The van der Waals surface area contributed by atoms with Gasteiger partial charge in [0.25, 0.3) is 0 Å². The Kier molecular flexibility index (Phi) is 10.7. The van der Waals surface area contributed by atoms with Crippen molar-refractivity contribution in [1.29, 1.82) is 0 Å². The number of anilines is 1. The van der Waals surface area contributed by atoms with E-state index >= 15 is 0 Å². The van der Waals surface area contributed by atoms with Gasteiger partial charge in [0.1, 0.15) is 5.82 Å². The number of carbonyl (C=O) groups is 1. The van der Waals surface area contributed by atoms with Crippen LogP contribution in [0.4, 0.5) is 10.1 Å². The second-order valence-corrected chi connectivity index (χ2v) is 6.94. The number of nitrogens with zero attached hydrogens (tertiary/aromatic N) is 2. The van der Waals surface area contributed by atoms with Crippen LogP contribution in [0.3, 0.4) is 0 Å². The third kappa shape index (κ3) is 8.08. The molecule has 1 atom stereocenters. The Bertz CT molecular complexity index is 830. The second-order valence-electron chi connectivity index (χ2n) is 6.94. The van der Waals surface area contributed by atoms with Crippen LogP contribution >= 0.6 is 24.0 Å². The highest BCUT2D eigenvalue weighted by Crippen LogP contribution is 2.21. The van der Waals surface area contributed by atoms with Crippen LogP contribution < -0.4 is 16.0 Å². The molecule has 1 fully saturated rings. The van der Waals surface area contributed by atoms with Gasteiger partial charge in [0.15, 0.2) is 5.96 Å². The maximum atomic E-state index is 13.4. The average molecular weight is 541 g/mol. The molecule has 0 aromatic heterocycles. The van der Waals surface area contributed by atoms with E-state index in [1.54, 1.807) is 19.2 Å². The van der Waals surface area contributed by atoms with E-state index in [0.29, 0.717) is 25.7 Å². The van der Waals surface area contributed by atoms with Crippen LogP contribution in [0.5, 0.6) is 0 Å². The first-order valence-electron chi connectivity index (χ1n) is 10.0. The van der Waals surface area contributed by atoms with Crippen LogP contribution in [0.1, 0.15) is 11.6 Å². The number of para-hydroxylation sites is 1. The van der Waals surface area contributed by atoms with Crippen molar-refractivity contribution >= 4 is 41.5 Å². The summed E-state index contributed by atoms with van der Waals surface area (Å²) in [7, 11) is 1.66. The molecule has 168 valence electrons. The van der Waals surface area contributed by atoms with Crippen LogP contribution in [0.15, 0.2) is 59.6 Å². The fraction of sp³-hybridized carbons (Fsp3) is 0.364. The lowest BCUT2D eigenvalue weighted by molar-refractivity contribution is -0.115. The number of hydrogen-bond acceptors (Lipinski definition) is 4. The highest BCUT2D eigenvalue weighted by atomic mass is 127. The normalized spacial score (nSPS) is 15.5. The molecule has 1 heterocycles. The molecule has 1 aliphatic rings. The fourth-order valence-electron chi connectivity index (χ4n) is 3.34. The van der Waals surface area contributed by atoms with Crippen molar-refractivity contribution in [3.8, 4) is 0 Å². The third-order valence-corrected chi connectivity index (χ3v) is 4.90. The van der Waals surface area contributed by atoms with Crippen molar-refractivity contribution in [2.24, 2.45) is 4.99 Å². The molecule has 0 saturated carbocycles. The Morgan fingerprint density at radius 3 is 2.42 bits per heavy atom. The Balaban J connectivity index is 0.00000341. The number of rotatable bonds is 7. The Morgan fingerprint density at radius 2 is 1.77 bits per heavy atom. The first kappa shape index (κ1) is 25.0. The van der Waals surface area contributed by atoms with Gasteiger partial charge in [-0.25, -0.2) is 4.39 Å². The van der Waals surface area contributed by atoms with Crippen LogP contribution in [-0.4, -0.2) is 63.2 Å². The lowest BCUT2D eigenvalue weighted by Crippen LogP contribution is -2.47. The predicted octanol–water partition coefficient (Wildman–Crippen LogP) is 2.62. The lowest BCUT2D eigenvalue weighted by Gasteiger charge is -2.35. The fourth-order valence-corrected chi connectivity index (χ4v) is 3.34. The van der Waals surface area contributed by atoms with Crippen LogP contribution in [0, 0.1) is 5.82 Å². The van der Waals surface area contributed by atoms with Gasteiger partial charge in [-0.2, -0.15) is 0 Å². The van der Waals surface area contributed by atoms with Gasteiger partial charge >= 0.3 is 0 Å². The van der Waals surface area contributed by atoms with Crippen molar-refractivity contribution in [2.45, 2.75) is 6.04 Å². The van der Waals surface area contributed by atoms with Crippen molar-refractivity contribution in [1.82, 2.24) is 15.5 Å². The summed E-state index contributed by atoms with van der Waals surface area (Å²) in [6.07, 6.45) is 0. The van der Waals surface area contributed by atoms with E-state index < -0.39 is 0 Å². The van der Waals surface area contributed by atoms with Crippen molar-refractivity contribution in [2.75, 3.05) is 51.8 Å². The second kappa shape index (κ2) is 13.2. The summed E-state index contributed by atoms with van der Waals surface area (Å²) in [4.78, 5) is 18.7. The van der Waals surface area contributed by atoms with Crippen molar-refractivity contribution in [3.63, 3.8) is 0 Å². The molecule has 2 aromatic rings. The summed E-state index contributed by atoms with van der Waals surface area (Å²) in [5.74, 6) is 0.111. The minimum atomic E-state index is -0.255. The van der Waals surface area contributed by atoms with Gasteiger partial charge in [0.2, 0.25) is 5.91 Å². The quantitative estimate of drug-likeness (QED) is 0.286. The smallest absolute Gasteiger partial charge is 0.243 e. The molecule has 1 saturated heterocycles. The van der Waals surface area contributed by atoms with Crippen molar-refractivity contribution in [3.05, 3.63) is 66.0 Å². The van der Waals surface area contributed by atoms with Crippen LogP contribution in [0.2, 0.25) is 0 Å². The van der Waals surface area contributed by atoms with E-state index in [4.69, 9.17) is 4.74 Å². The zero-order chi connectivity index (χ0) is 21.2. The third-order valence-electron chi connectivity index (χ3n) is 4.90. The molecule has 1 amide bonds. The van der Waals surface area contributed by atoms with E-state index in [1.807, 2.05) is 30.3 Å². The van der Waals surface area contributed by atoms with E-state index in [1.165, 1.54) is 12.1 Å². The summed E-state index contributed by atoms with van der Waals surface area (Å²) in [5, 5.41) is 9.14. The van der Waals surface area contributed by atoms with Crippen LogP contribution in [0.25, 0.3) is 0 Å². The number of guanidine groups is 1. The number of hydrogen-bond donors (Lipinski definition) is 3. The van der Waals surface area contributed by atoms with Gasteiger partial charge in [0, 0.05) is 32.4 Å². The Hall–Kier alpha value is -2.24. The summed E-state index contributed by atoms with van der Waals surface area (Å²) in [5.41, 5.74) is 1.76. The summed E-state index contributed by atoms with van der Waals surface area (Å²) in [6, 6.07) is 15.9. The number of ether oxygens (including phenoxy) is 1. The number of aliphatic imine (C=N–C) groups is 1. The number of amides is 1. The monoisotopic (exact) mass is 541 g/mol. The molecule has 7 nitrogen and oxygen atoms in total. The molecule has 9 heteroatoms. The Labute approximate surface area is 199 Å². The van der Waals surface area contributed by atoms with E-state index in [2.05, 4.69) is 25.8 Å². The molecular weight excluding hydrogens is 512 g/mol. The average Bonchev–Trinajstić information content (AvgIpc) is 2.78. The number of halogens is 2. The SMILES string of the molecule is CN=C(NCC(=O)Nc1ccccc1)NCC(c1ccc(F)cc1)N1CCOCC1.I. The lowest BCUT2D eigenvalue weighted by atomic mass is 10.0. The molecule has 0 bridgehead atoms. The molecule has 2 aromatic carbocycles. The predicted molar refractivity (Wildman–Crippen MR) is 131 cm³/mol. The largest absolute Gasteiger partial charge is 0.379 e. The molecule has 31 heavy (non-hydrogen) atoms. The van der Waals surface area contributed by atoms with Gasteiger partial charge in [0.05, 0.1) is 25.8 Å². The first-order chi connectivity index (χ1) is 14.7. The van der Waals surface area contributed by atoms with Gasteiger partial charge < -0.3 is 20.7 Å². The van der Waals surface area contributed by atoms with Crippen LogP contribution in [-0.2, 0) is 9.53 Å². The Morgan fingerprint density at radius 1 is 1.10 bits per heavy atom. The van der Waals surface area contributed by atoms with Gasteiger partial charge in [-0.15, -0.1) is 24.0 Å². The molecular formula is C22H29FIN5O2. The van der Waals surface area contributed by atoms with E-state index in [0.717, 1.165) is 24.3 Å². The topological polar surface area (TPSA) is 78.0 Å². The minimum Gasteiger partial charge on any atom is -0.379 e. The van der Waals surface area contributed by atoms with Gasteiger partial charge in [-0.05, 0) is 29.8 Å².